The molecule has 0 aromatic carbocycles. The zero-order chi connectivity index (χ0) is 19.0. The molecule has 0 aliphatic carbocycles. The standard InChI is InChI=1S/C20H34N4O2/c1-18(2)20(26)23-13-10-12-22-19(25)11-8-6-4-3-5-7-9-15-24-16-14-21-17-24/h14,16-17H,1,3-13,15H2,2H3,(H,22,25)(H,23,26). The molecule has 1 aromatic heterocycles. The minimum atomic E-state index is -0.127. The van der Waals surface area contributed by atoms with Gasteiger partial charge in [0.15, 0.2) is 0 Å². The van der Waals surface area contributed by atoms with Gasteiger partial charge in [0.1, 0.15) is 0 Å². The summed E-state index contributed by atoms with van der Waals surface area (Å²) in [5, 5.41) is 5.65. The zero-order valence-corrected chi connectivity index (χ0v) is 16.1. The number of hydrogen-bond acceptors (Lipinski definition) is 3. The highest BCUT2D eigenvalue weighted by Crippen LogP contribution is 2.09. The minimum Gasteiger partial charge on any atom is -0.356 e. The van der Waals surface area contributed by atoms with E-state index in [9.17, 15) is 9.59 Å². The van der Waals surface area contributed by atoms with Crippen LogP contribution in [0.2, 0.25) is 0 Å². The fourth-order valence-corrected chi connectivity index (χ4v) is 2.64. The Bertz CT molecular complexity index is 526. The van der Waals surface area contributed by atoms with Gasteiger partial charge in [-0.1, -0.05) is 38.7 Å². The summed E-state index contributed by atoms with van der Waals surface area (Å²) in [5.41, 5.74) is 0.507. The third-order valence-corrected chi connectivity index (χ3v) is 4.23. The number of amides is 2. The summed E-state index contributed by atoms with van der Waals surface area (Å²) in [7, 11) is 0. The topological polar surface area (TPSA) is 76.0 Å². The van der Waals surface area contributed by atoms with Gasteiger partial charge in [-0.25, -0.2) is 4.98 Å². The zero-order valence-electron chi connectivity index (χ0n) is 16.1. The first-order chi connectivity index (χ1) is 12.6. The molecule has 1 heterocycles. The van der Waals surface area contributed by atoms with Crippen LogP contribution >= 0.6 is 0 Å². The van der Waals surface area contributed by atoms with Crippen molar-refractivity contribution in [1.82, 2.24) is 20.2 Å². The Morgan fingerprint density at radius 1 is 0.962 bits per heavy atom. The normalized spacial score (nSPS) is 10.5. The number of carbonyl (C=O) groups is 2. The van der Waals surface area contributed by atoms with E-state index >= 15 is 0 Å². The molecule has 0 unspecified atom stereocenters. The minimum absolute atomic E-state index is 0.108. The molecular weight excluding hydrogens is 328 g/mol. The van der Waals surface area contributed by atoms with E-state index in [1.165, 1.54) is 32.1 Å². The highest BCUT2D eigenvalue weighted by molar-refractivity contribution is 5.92. The van der Waals surface area contributed by atoms with E-state index in [0.717, 1.165) is 25.8 Å². The largest absolute Gasteiger partial charge is 0.356 e. The number of unbranched alkanes of at least 4 members (excludes halogenated alkanes) is 6. The van der Waals surface area contributed by atoms with Crippen LogP contribution < -0.4 is 10.6 Å². The Labute approximate surface area is 157 Å². The molecule has 1 aromatic rings. The average Bonchev–Trinajstić information content (AvgIpc) is 3.13. The van der Waals surface area contributed by atoms with Gasteiger partial charge >= 0.3 is 0 Å². The molecule has 6 nitrogen and oxygen atoms in total. The van der Waals surface area contributed by atoms with E-state index in [-0.39, 0.29) is 11.8 Å². The van der Waals surface area contributed by atoms with Gasteiger partial charge in [0.25, 0.3) is 0 Å². The first-order valence-corrected chi connectivity index (χ1v) is 9.75. The highest BCUT2D eigenvalue weighted by atomic mass is 16.2. The van der Waals surface area contributed by atoms with E-state index in [1.54, 1.807) is 6.92 Å². The van der Waals surface area contributed by atoms with Gasteiger partial charge in [0.05, 0.1) is 6.33 Å². The molecule has 0 radical (unpaired) electrons. The second-order valence-corrected chi connectivity index (χ2v) is 6.77. The van der Waals surface area contributed by atoms with Crippen LogP contribution in [0, 0.1) is 0 Å². The summed E-state index contributed by atoms with van der Waals surface area (Å²) in [5.74, 6) is -0.0189. The van der Waals surface area contributed by atoms with Crippen LogP contribution in [0.25, 0.3) is 0 Å². The predicted octanol–water partition coefficient (Wildman–Crippen LogP) is 3.20. The van der Waals surface area contributed by atoms with E-state index < -0.39 is 0 Å². The second kappa shape index (κ2) is 14.1. The van der Waals surface area contributed by atoms with Gasteiger partial charge in [-0.2, -0.15) is 0 Å². The Hall–Kier alpha value is -2.11. The van der Waals surface area contributed by atoms with Crippen molar-refractivity contribution < 1.29 is 9.59 Å². The lowest BCUT2D eigenvalue weighted by Crippen LogP contribution is -2.29. The SMILES string of the molecule is C=C(C)C(=O)NCCCNC(=O)CCCCCCCCCn1ccnc1. The van der Waals surface area contributed by atoms with Crippen LogP contribution in [0.15, 0.2) is 30.9 Å². The molecule has 0 saturated carbocycles. The summed E-state index contributed by atoms with van der Waals surface area (Å²) in [6, 6.07) is 0. The van der Waals surface area contributed by atoms with Gasteiger partial charge in [0.2, 0.25) is 11.8 Å². The quantitative estimate of drug-likeness (QED) is 0.372. The van der Waals surface area contributed by atoms with Crippen molar-refractivity contribution in [3.63, 3.8) is 0 Å². The molecular formula is C20H34N4O2. The molecule has 146 valence electrons. The third kappa shape index (κ3) is 11.4. The smallest absolute Gasteiger partial charge is 0.246 e. The molecule has 0 aliphatic rings. The van der Waals surface area contributed by atoms with Crippen molar-refractivity contribution >= 4 is 11.8 Å². The van der Waals surface area contributed by atoms with Crippen LogP contribution in [0.3, 0.4) is 0 Å². The third-order valence-electron chi connectivity index (χ3n) is 4.23. The van der Waals surface area contributed by atoms with E-state index in [2.05, 4.69) is 26.8 Å². The summed E-state index contributed by atoms with van der Waals surface area (Å²) >= 11 is 0. The number of hydrogen-bond donors (Lipinski definition) is 2. The Balaban J connectivity index is 1.81. The molecule has 0 saturated heterocycles. The molecule has 2 N–H and O–H groups in total. The van der Waals surface area contributed by atoms with Crippen molar-refractivity contribution in [3.05, 3.63) is 30.9 Å². The van der Waals surface area contributed by atoms with Gasteiger partial charge in [-0.15, -0.1) is 0 Å². The lowest BCUT2D eigenvalue weighted by molar-refractivity contribution is -0.121. The maximum atomic E-state index is 11.7. The lowest BCUT2D eigenvalue weighted by Gasteiger charge is -2.07. The van der Waals surface area contributed by atoms with Gasteiger partial charge < -0.3 is 15.2 Å². The molecule has 0 aliphatic heterocycles. The molecule has 0 spiro atoms. The number of aromatic nitrogens is 2. The maximum Gasteiger partial charge on any atom is 0.246 e. The summed E-state index contributed by atoms with van der Waals surface area (Å²) in [6.45, 7) is 7.47. The summed E-state index contributed by atoms with van der Waals surface area (Å²) < 4.78 is 2.12. The summed E-state index contributed by atoms with van der Waals surface area (Å²) in [6.07, 6.45) is 15.2. The van der Waals surface area contributed by atoms with Crippen LogP contribution in [0.5, 0.6) is 0 Å². The molecule has 2 amide bonds. The first-order valence-electron chi connectivity index (χ1n) is 9.75. The van der Waals surface area contributed by atoms with Crippen molar-refractivity contribution in [2.75, 3.05) is 13.1 Å². The Kier molecular flexibility index (Phi) is 11.9. The second-order valence-electron chi connectivity index (χ2n) is 6.77. The summed E-state index contributed by atoms with van der Waals surface area (Å²) in [4.78, 5) is 27.0. The number of nitrogens with zero attached hydrogens (tertiary/aromatic N) is 2. The van der Waals surface area contributed by atoms with Crippen molar-refractivity contribution in [1.29, 1.82) is 0 Å². The molecule has 6 heteroatoms. The van der Waals surface area contributed by atoms with Crippen molar-refractivity contribution in [2.24, 2.45) is 0 Å². The van der Waals surface area contributed by atoms with E-state index in [4.69, 9.17) is 0 Å². The Morgan fingerprint density at radius 2 is 1.62 bits per heavy atom. The van der Waals surface area contributed by atoms with Crippen LogP contribution in [0.1, 0.15) is 64.7 Å². The van der Waals surface area contributed by atoms with E-state index in [0.29, 0.717) is 25.1 Å². The maximum absolute atomic E-state index is 11.7. The molecule has 26 heavy (non-hydrogen) atoms. The highest BCUT2D eigenvalue weighted by Gasteiger charge is 2.02. The molecule has 0 fully saturated rings. The van der Waals surface area contributed by atoms with Gasteiger partial charge in [-0.05, 0) is 26.2 Å². The number of imidazole rings is 1. The van der Waals surface area contributed by atoms with Crippen LogP contribution in [-0.2, 0) is 16.1 Å². The number of nitrogens with one attached hydrogen (secondary N) is 2. The lowest BCUT2D eigenvalue weighted by atomic mass is 10.1. The Morgan fingerprint density at radius 3 is 2.27 bits per heavy atom. The fourth-order valence-electron chi connectivity index (χ4n) is 2.64. The van der Waals surface area contributed by atoms with Crippen LogP contribution in [0.4, 0.5) is 0 Å². The monoisotopic (exact) mass is 362 g/mol. The van der Waals surface area contributed by atoms with Crippen molar-refractivity contribution in [2.45, 2.75) is 71.3 Å². The number of rotatable bonds is 15. The van der Waals surface area contributed by atoms with Crippen molar-refractivity contribution in [3.8, 4) is 0 Å². The predicted molar refractivity (Wildman–Crippen MR) is 105 cm³/mol. The molecule has 0 atom stereocenters. The number of aryl methyl sites for hydroxylation is 1. The molecule has 0 bridgehead atoms. The van der Waals surface area contributed by atoms with E-state index in [1.807, 2.05) is 18.7 Å². The van der Waals surface area contributed by atoms with Crippen LogP contribution in [-0.4, -0.2) is 34.5 Å². The average molecular weight is 363 g/mol. The van der Waals surface area contributed by atoms with Gasteiger partial charge in [-0.3, -0.25) is 9.59 Å². The number of carbonyl (C=O) groups excluding carboxylic acids is 2. The first kappa shape index (κ1) is 21.9. The van der Waals surface area contributed by atoms with Gasteiger partial charge in [0, 0.05) is 44.0 Å². The molecule has 1 rings (SSSR count). The fraction of sp³-hybridized carbons (Fsp3) is 0.650.